The molecule has 0 radical (unpaired) electrons. The lowest BCUT2D eigenvalue weighted by atomic mass is 10.0. The highest BCUT2D eigenvalue weighted by molar-refractivity contribution is 5.99. The fourth-order valence-electron chi connectivity index (χ4n) is 3.25. The van der Waals surface area contributed by atoms with Crippen LogP contribution in [0.2, 0.25) is 0 Å². The molecule has 6 heteroatoms. The summed E-state index contributed by atoms with van der Waals surface area (Å²) >= 11 is 0. The van der Waals surface area contributed by atoms with Crippen molar-refractivity contribution < 1.29 is 19.5 Å². The third-order valence-electron chi connectivity index (χ3n) is 4.65. The minimum absolute atomic E-state index is 0.0395. The van der Waals surface area contributed by atoms with Crippen LogP contribution in [0, 0.1) is 0 Å². The monoisotopic (exact) mass is 366 g/mol. The van der Waals surface area contributed by atoms with Gasteiger partial charge in [0.1, 0.15) is 0 Å². The zero-order valence-corrected chi connectivity index (χ0v) is 14.9. The molecule has 6 nitrogen and oxygen atoms in total. The molecule has 1 atom stereocenters. The van der Waals surface area contributed by atoms with E-state index in [-0.39, 0.29) is 18.2 Å². The van der Waals surface area contributed by atoms with E-state index in [9.17, 15) is 14.4 Å². The number of carboxylic acids is 1. The summed E-state index contributed by atoms with van der Waals surface area (Å²) < 4.78 is 0. The number of carbonyl (C=O) groups is 3. The molecule has 0 saturated carbocycles. The van der Waals surface area contributed by atoms with Crippen LogP contribution in [0.4, 0.5) is 5.69 Å². The second-order valence-corrected chi connectivity index (χ2v) is 6.57. The Morgan fingerprint density at radius 3 is 2.56 bits per heavy atom. The Balaban J connectivity index is 1.77. The zero-order chi connectivity index (χ0) is 19.2. The molecule has 0 spiro atoms. The molecule has 1 aliphatic heterocycles. The molecular formula is C21H22N2O4. The van der Waals surface area contributed by atoms with Crippen molar-refractivity contribution >= 4 is 23.5 Å². The minimum atomic E-state index is -0.903. The van der Waals surface area contributed by atoms with Crippen LogP contribution in [0.3, 0.4) is 0 Å². The van der Waals surface area contributed by atoms with Crippen LogP contribution in [0.25, 0.3) is 0 Å². The first-order chi connectivity index (χ1) is 13.0. The van der Waals surface area contributed by atoms with Gasteiger partial charge in [-0.05, 0) is 36.6 Å². The van der Waals surface area contributed by atoms with Crippen LogP contribution in [0.5, 0.6) is 0 Å². The Hall–Kier alpha value is -3.15. The molecule has 2 aromatic carbocycles. The number of carboxylic acid groups (broad SMARTS) is 1. The highest BCUT2D eigenvalue weighted by Crippen LogP contribution is 2.23. The Morgan fingerprint density at radius 2 is 1.89 bits per heavy atom. The summed E-state index contributed by atoms with van der Waals surface area (Å²) in [5.74, 6) is -1.13. The predicted molar refractivity (Wildman–Crippen MR) is 102 cm³/mol. The smallest absolute Gasteiger partial charge is 0.303 e. The van der Waals surface area contributed by atoms with Gasteiger partial charge in [0.2, 0.25) is 5.91 Å². The number of benzene rings is 2. The summed E-state index contributed by atoms with van der Waals surface area (Å²) in [6.07, 6.45) is 1.61. The van der Waals surface area contributed by atoms with Gasteiger partial charge < -0.3 is 15.3 Å². The zero-order valence-electron chi connectivity index (χ0n) is 14.9. The molecule has 3 rings (SSSR count). The van der Waals surface area contributed by atoms with E-state index in [1.807, 2.05) is 36.4 Å². The summed E-state index contributed by atoms with van der Waals surface area (Å²) in [4.78, 5) is 37.4. The van der Waals surface area contributed by atoms with Gasteiger partial charge in [0.05, 0.1) is 6.04 Å². The van der Waals surface area contributed by atoms with Crippen LogP contribution < -0.4 is 10.2 Å². The van der Waals surface area contributed by atoms with Crippen molar-refractivity contribution in [3.05, 3.63) is 65.7 Å². The molecule has 1 saturated heterocycles. The lowest BCUT2D eigenvalue weighted by molar-refractivity contribution is -0.137. The van der Waals surface area contributed by atoms with Crippen LogP contribution in [-0.4, -0.2) is 29.4 Å². The fourth-order valence-corrected chi connectivity index (χ4v) is 3.25. The first-order valence-electron chi connectivity index (χ1n) is 9.02. The molecule has 1 fully saturated rings. The van der Waals surface area contributed by atoms with Gasteiger partial charge in [-0.25, -0.2) is 0 Å². The topological polar surface area (TPSA) is 86.7 Å². The molecule has 27 heavy (non-hydrogen) atoms. The van der Waals surface area contributed by atoms with E-state index in [2.05, 4.69) is 5.32 Å². The highest BCUT2D eigenvalue weighted by Gasteiger charge is 2.23. The maximum Gasteiger partial charge on any atom is 0.303 e. The van der Waals surface area contributed by atoms with Gasteiger partial charge in [-0.15, -0.1) is 0 Å². The van der Waals surface area contributed by atoms with E-state index in [1.54, 1.807) is 23.1 Å². The Morgan fingerprint density at radius 1 is 1.11 bits per heavy atom. The van der Waals surface area contributed by atoms with E-state index in [0.29, 0.717) is 30.6 Å². The maximum absolute atomic E-state index is 12.8. The Bertz CT molecular complexity index is 835. The lowest BCUT2D eigenvalue weighted by Gasteiger charge is -2.20. The number of carbonyl (C=O) groups excluding carboxylic acids is 2. The fraction of sp³-hybridized carbons (Fsp3) is 0.286. The van der Waals surface area contributed by atoms with Gasteiger partial charge in [-0.1, -0.05) is 36.4 Å². The van der Waals surface area contributed by atoms with Gasteiger partial charge in [-0.2, -0.15) is 0 Å². The average Bonchev–Trinajstić information content (AvgIpc) is 3.11. The van der Waals surface area contributed by atoms with Crippen molar-refractivity contribution in [2.75, 3.05) is 11.4 Å². The van der Waals surface area contributed by atoms with Gasteiger partial charge in [0.25, 0.3) is 5.91 Å². The number of nitrogens with one attached hydrogen (secondary N) is 1. The quantitative estimate of drug-likeness (QED) is 0.788. The third-order valence-corrected chi connectivity index (χ3v) is 4.65. The maximum atomic E-state index is 12.8. The molecule has 0 bridgehead atoms. The van der Waals surface area contributed by atoms with Crippen molar-refractivity contribution in [1.82, 2.24) is 5.32 Å². The minimum Gasteiger partial charge on any atom is -0.481 e. The van der Waals surface area contributed by atoms with E-state index in [1.165, 1.54) is 0 Å². The van der Waals surface area contributed by atoms with E-state index >= 15 is 0 Å². The predicted octanol–water partition coefficient (Wildman–Crippen LogP) is 3.15. The van der Waals surface area contributed by atoms with Crippen LogP contribution in [0.1, 0.15) is 47.6 Å². The molecule has 1 heterocycles. The normalized spacial score (nSPS) is 14.8. The average molecular weight is 366 g/mol. The number of amides is 2. The molecule has 0 aliphatic carbocycles. The third kappa shape index (κ3) is 4.73. The summed E-state index contributed by atoms with van der Waals surface area (Å²) in [6, 6.07) is 15.9. The molecule has 2 N–H and O–H groups in total. The molecular weight excluding hydrogens is 344 g/mol. The van der Waals surface area contributed by atoms with Gasteiger partial charge in [-0.3, -0.25) is 14.4 Å². The van der Waals surface area contributed by atoms with E-state index in [0.717, 1.165) is 12.0 Å². The second kappa shape index (κ2) is 8.49. The van der Waals surface area contributed by atoms with Crippen molar-refractivity contribution in [3.63, 3.8) is 0 Å². The molecule has 2 aromatic rings. The number of aliphatic carboxylic acids is 1. The first kappa shape index (κ1) is 18.6. The number of nitrogens with zero attached hydrogens (tertiary/aromatic N) is 1. The van der Waals surface area contributed by atoms with Crippen molar-refractivity contribution in [3.8, 4) is 0 Å². The van der Waals surface area contributed by atoms with Crippen LogP contribution >= 0.6 is 0 Å². The summed E-state index contributed by atoms with van der Waals surface area (Å²) in [5, 5.41) is 11.9. The van der Waals surface area contributed by atoms with Gasteiger partial charge in [0, 0.05) is 30.6 Å². The molecule has 140 valence electrons. The molecule has 1 unspecified atom stereocenters. The van der Waals surface area contributed by atoms with Gasteiger partial charge >= 0.3 is 5.97 Å². The van der Waals surface area contributed by atoms with Crippen LogP contribution in [-0.2, 0) is 9.59 Å². The number of rotatable bonds is 7. The van der Waals surface area contributed by atoms with Gasteiger partial charge in [0.15, 0.2) is 0 Å². The van der Waals surface area contributed by atoms with E-state index < -0.39 is 12.0 Å². The van der Waals surface area contributed by atoms with E-state index in [4.69, 9.17) is 5.11 Å². The number of hydrogen-bond acceptors (Lipinski definition) is 3. The SMILES string of the molecule is O=C(O)CCC(NC(=O)c1cccc(N2CCCC2=O)c1)c1ccccc1. The Labute approximate surface area is 157 Å². The molecule has 2 amide bonds. The summed E-state index contributed by atoms with van der Waals surface area (Å²) in [6.45, 7) is 0.662. The lowest BCUT2D eigenvalue weighted by Crippen LogP contribution is -2.29. The van der Waals surface area contributed by atoms with Crippen molar-refractivity contribution in [2.45, 2.75) is 31.7 Å². The number of anilines is 1. The van der Waals surface area contributed by atoms with Crippen LogP contribution in [0.15, 0.2) is 54.6 Å². The van der Waals surface area contributed by atoms with Crippen molar-refractivity contribution in [2.24, 2.45) is 0 Å². The standard InChI is InChI=1S/C21H22N2O4/c24-19-10-5-13-23(19)17-9-4-8-16(14-17)21(27)22-18(11-12-20(25)26)15-6-2-1-3-7-15/h1-4,6-9,14,18H,5,10-13H2,(H,22,27)(H,25,26). The summed E-state index contributed by atoms with van der Waals surface area (Å²) in [5.41, 5.74) is 2.02. The molecule has 1 aliphatic rings. The number of hydrogen-bond donors (Lipinski definition) is 2. The largest absolute Gasteiger partial charge is 0.481 e. The van der Waals surface area contributed by atoms with Crippen molar-refractivity contribution in [1.29, 1.82) is 0 Å². The molecule has 0 aromatic heterocycles. The Kier molecular flexibility index (Phi) is 5.86. The second-order valence-electron chi connectivity index (χ2n) is 6.57. The first-order valence-corrected chi connectivity index (χ1v) is 9.02. The summed E-state index contributed by atoms with van der Waals surface area (Å²) in [7, 11) is 0. The highest BCUT2D eigenvalue weighted by atomic mass is 16.4.